The van der Waals surface area contributed by atoms with Crippen molar-refractivity contribution in [2.24, 2.45) is 5.92 Å². The monoisotopic (exact) mass is 501 g/mol. The molecule has 0 radical (unpaired) electrons. The SMILES string of the molecule is Cc1cc2nc(-c3ccccc3)cc(Nc3ccc(C(=O)N4CCC(Cc5ccccc5)CC4)cc3)n2n1. The topological polar surface area (TPSA) is 62.5 Å². The molecular formula is C32H31N5O. The van der Waals surface area contributed by atoms with E-state index in [-0.39, 0.29) is 5.91 Å². The van der Waals surface area contributed by atoms with Gasteiger partial charge in [0.15, 0.2) is 5.65 Å². The van der Waals surface area contributed by atoms with Gasteiger partial charge in [-0.2, -0.15) is 9.61 Å². The molecule has 1 fully saturated rings. The quantitative estimate of drug-likeness (QED) is 0.287. The number of carbonyl (C=O) groups is 1. The average molecular weight is 502 g/mol. The van der Waals surface area contributed by atoms with Crippen LogP contribution < -0.4 is 5.32 Å². The van der Waals surface area contributed by atoms with E-state index in [1.807, 2.05) is 70.9 Å². The Morgan fingerprint density at radius 1 is 0.895 bits per heavy atom. The molecule has 6 rings (SSSR count). The number of aromatic nitrogens is 3. The van der Waals surface area contributed by atoms with E-state index in [9.17, 15) is 4.79 Å². The van der Waals surface area contributed by atoms with Gasteiger partial charge in [-0.05, 0) is 61.9 Å². The van der Waals surface area contributed by atoms with Crippen LogP contribution in [0.5, 0.6) is 0 Å². The van der Waals surface area contributed by atoms with Crippen LogP contribution in [0.15, 0.2) is 97.1 Å². The van der Waals surface area contributed by atoms with Gasteiger partial charge < -0.3 is 10.2 Å². The number of fused-ring (bicyclic) bond motifs is 1. The van der Waals surface area contributed by atoms with E-state index in [2.05, 4.69) is 52.9 Å². The van der Waals surface area contributed by atoms with Crippen molar-refractivity contribution >= 4 is 23.1 Å². The van der Waals surface area contributed by atoms with Crippen molar-refractivity contribution in [2.45, 2.75) is 26.2 Å². The Kier molecular flexibility index (Phi) is 6.61. The van der Waals surface area contributed by atoms with Gasteiger partial charge in [0.25, 0.3) is 5.91 Å². The smallest absolute Gasteiger partial charge is 0.253 e. The minimum Gasteiger partial charge on any atom is -0.340 e. The largest absolute Gasteiger partial charge is 0.340 e. The van der Waals surface area contributed by atoms with E-state index in [1.54, 1.807) is 0 Å². The molecule has 1 aliphatic heterocycles. The Hall–Kier alpha value is -4.45. The average Bonchev–Trinajstić information content (AvgIpc) is 3.35. The second kappa shape index (κ2) is 10.5. The molecule has 1 saturated heterocycles. The fourth-order valence-corrected chi connectivity index (χ4v) is 5.25. The van der Waals surface area contributed by atoms with Crippen LogP contribution in [-0.4, -0.2) is 38.5 Å². The normalized spacial score (nSPS) is 14.1. The summed E-state index contributed by atoms with van der Waals surface area (Å²) in [4.78, 5) is 20.0. The zero-order valence-corrected chi connectivity index (χ0v) is 21.5. The summed E-state index contributed by atoms with van der Waals surface area (Å²) in [5.41, 5.74) is 6.61. The highest BCUT2D eigenvalue weighted by Gasteiger charge is 2.24. The molecule has 3 heterocycles. The van der Waals surface area contributed by atoms with Gasteiger partial charge in [0.05, 0.1) is 11.4 Å². The first-order valence-corrected chi connectivity index (χ1v) is 13.3. The first-order valence-electron chi connectivity index (χ1n) is 13.3. The number of rotatable bonds is 6. The molecule has 6 heteroatoms. The van der Waals surface area contributed by atoms with Gasteiger partial charge in [0.1, 0.15) is 5.82 Å². The minimum atomic E-state index is 0.107. The fraction of sp³-hybridized carbons (Fsp3) is 0.219. The van der Waals surface area contributed by atoms with Crippen LogP contribution in [0, 0.1) is 12.8 Å². The Balaban J connectivity index is 1.14. The molecule has 1 amide bonds. The molecule has 6 nitrogen and oxygen atoms in total. The van der Waals surface area contributed by atoms with Crippen LogP contribution in [0.25, 0.3) is 16.9 Å². The number of nitrogens with one attached hydrogen (secondary N) is 1. The standard InChI is InChI=1S/C32H31N5O/c1-23-20-30-34-29(26-10-6-3-7-11-26)22-31(37(30)35-23)33-28-14-12-27(13-15-28)32(38)36-18-16-25(17-19-36)21-24-8-4-2-5-9-24/h2-15,20,22,25,33H,16-19,21H2,1H3. The molecule has 3 aromatic carbocycles. The van der Waals surface area contributed by atoms with Gasteiger partial charge in [-0.1, -0.05) is 60.7 Å². The predicted octanol–water partition coefficient (Wildman–Crippen LogP) is 6.54. The lowest BCUT2D eigenvalue weighted by Crippen LogP contribution is -2.38. The molecule has 1 N–H and O–H groups in total. The summed E-state index contributed by atoms with van der Waals surface area (Å²) in [6.45, 7) is 3.59. The molecule has 0 unspecified atom stereocenters. The van der Waals surface area contributed by atoms with Crippen molar-refractivity contribution in [1.29, 1.82) is 0 Å². The summed E-state index contributed by atoms with van der Waals surface area (Å²) in [6, 6.07) is 32.5. The summed E-state index contributed by atoms with van der Waals surface area (Å²) in [7, 11) is 0. The molecule has 0 atom stereocenters. The minimum absolute atomic E-state index is 0.107. The molecule has 38 heavy (non-hydrogen) atoms. The van der Waals surface area contributed by atoms with E-state index in [4.69, 9.17) is 4.98 Å². The van der Waals surface area contributed by atoms with Gasteiger partial charge in [0.2, 0.25) is 0 Å². The van der Waals surface area contributed by atoms with E-state index in [0.717, 1.165) is 72.0 Å². The number of aryl methyl sites for hydroxylation is 1. The van der Waals surface area contributed by atoms with Crippen molar-refractivity contribution in [2.75, 3.05) is 18.4 Å². The highest BCUT2D eigenvalue weighted by atomic mass is 16.2. The Morgan fingerprint density at radius 2 is 1.58 bits per heavy atom. The number of benzene rings is 3. The number of piperidine rings is 1. The highest BCUT2D eigenvalue weighted by Crippen LogP contribution is 2.26. The van der Waals surface area contributed by atoms with Gasteiger partial charge in [0, 0.05) is 42.0 Å². The predicted molar refractivity (Wildman–Crippen MR) is 152 cm³/mol. The Labute approximate surface area is 223 Å². The number of amides is 1. The molecule has 1 aliphatic rings. The van der Waals surface area contributed by atoms with Crippen LogP contribution in [0.1, 0.15) is 34.5 Å². The van der Waals surface area contributed by atoms with Crippen molar-refractivity contribution in [1.82, 2.24) is 19.5 Å². The fourth-order valence-electron chi connectivity index (χ4n) is 5.25. The summed E-state index contributed by atoms with van der Waals surface area (Å²) in [5, 5.41) is 8.09. The van der Waals surface area contributed by atoms with Crippen molar-refractivity contribution in [3.63, 3.8) is 0 Å². The van der Waals surface area contributed by atoms with Crippen LogP contribution in [0.2, 0.25) is 0 Å². The molecule has 0 aliphatic carbocycles. The second-order valence-electron chi connectivity index (χ2n) is 10.1. The molecule has 0 spiro atoms. The van der Waals surface area contributed by atoms with Crippen LogP contribution in [0.3, 0.4) is 0 Å². The highest BCUT2D eigenvalue weighted by molar-refractivity contribution is 5.94. The molecular weight excluding hydrogens is 470 g/mol. The summed E-state index contributed by atoms with van der Waals surface area (Å²) >= 11 is 0. The zero-order valence-electron chi connectivity index (χ0n) is 21.5. The summed E-state index contributed by atoms with van der Waals surface area (Å²) in [5.74, 6) is 1.56. The molecule has 5 aromatic rings. The number of carbonyl (C=O) groups excluding carboxylic acids is 1. The van der Waals surface area contributed by atoms with Crippen molar-refractivity contribution < 1.29 is 4.79 Å². The Morgan fingerprint density at radius 3 is 2.29 bits per heavy atom. The van der Waals surface area contributed by atoms with E-state index in [1.165, 1.54) is 5.56 Å². The van der Waals surface area contributed by atoms with Gasteiger partial charge in [-0.25, -0.2) is 4.98 Å². The van der Waals surface area contributed by atoms with Gasteiger partial charge >= 0.3 is 0 Å². The maximum Gasteiger partial charge on any atom is 0.253 e. The number of nitrogens with zero attached hydrogens (tertiary/aromatic N) is 4. The van der Waals surface area contributed by atoms with E-state index >= 15 is 0 Å². The maximum absolute atomic E-state index is 13.2. The number of likely N-dealkylation sites (tertiary alicyclic amines) is 1. The molecule has 0 bridgehead atoms. The lowest BCUT2D eigenvalue weighted by molar-refractivity contribution is 0.0690. The van der Waals surface area contributed by atoms with Crippen molar-refractivity contribution in [3.8, 4) is 11.3 Å². The van der Waals surface area contributed by atoms with Gasteiger partial charge in [-0.15, -0.1) is 0 Å². The van der Waals surface area contributed by atoms with Crippen LogP contribution in [0.4, 0.5) is 11.5 Å². The lowest BCUT2D eigenvalue weighted by atomic mass is 9.90. The summed E-state index contributed by atoms with van der Waals surface area (Å²) in [6.07, 6.45) is 3.18. The third-order valence-corrected chi connectivity index (χ3v) is 7.29. The number of hydrogen-bond acceptors (Lipinski definition) is 4. The first-order chi connectivity index (χ1) is 18.6. The van der Waals surface area contributed by atoms with E-state index < -0.39 is 0 Å². The van der Waals surface area contributed by atoms with Gasteiger partial charge in [-0.3, -0.25) is 4.79 Å². The third kappa shape index (κ3) is 5.16. The second-order valence-corrected chi connectivity index (χ2v) is 10.1. The maximum atomic E-state index is 13.2. The van der Waals surface area contributed by atoms with Crippen LogP contribution >= 0.6 is 0 Å². The summed E-state index contributed by atoms with van der Waals surface area (Å²) < 4.78 is 1.82. The lowest BCUT2D eigenvalue weighted by Gasteiger charge is -2.32. The number of anilines is 2. The Bertz CT molecular complexity index is 1540. The molecule has 190 valence electrons. The van der Waals surface area contributed by atoms with Crippen LogP contribution in [-0.2, 0) is 6.42 Å². The first kappa shape index (κ1) is 23.9. The van der Waals surface area contributed by atoms with E-state index in [0.29, 0.717) is 5.92 Å². The molecule has 2 aromatic heterocycles. The van der Waals surface area contributed by atoms with Crippen molar-refractivity contribution in [3.05, 3.63) is 114 Å². The zero-order chi connectivity index (χ0) is 25.9. The third-order valence-electron chi connectivity index (χ3n) is 7.29. The number of hydrogen-bond donors (Lipinski definition) is 1. The molecule has 0 saturated carbocycles.